The van der Waals surface area contributed by atoms with Crippen LogP contribution in [0.4, 0.5) is 0 Å². The molecule has 100 valence electrons. The van der Waals surface area contributed by atoms with E-state index >= 15 is 0 Å². The Kier molecular flexibility index (Phi) is 4.88. The summed E-state index contributed by atoms with van der Waals surface area (Å²) in [5, 5.41) is 0. The smallest absolute Gasteiger partial charge is 0.123 e. The van der Waals surface area contributed by atoms with Crippen LogP contribution in [0.2, 0.25) is 0 Å². The number of benzene rings is 1. The normalized spacial score (nSPS) is 17.7. The molecule has 1 atom stereocenters. The third-order valence-electron chi connectivity index (χ3n) is 3.44. The topological polar surface area (TPSA) is 44.5 Å². The summed E-state index contributed by atoms with van der Waals surface area (Å²) in [4.78, 5) is 0. The van der Waals surface area contributed by atoms with Gasteiger partial charge in [0.05, 0.1) is 6.61 Å². The molecule has 0 amide bonds. The van der Waals surface area contributed by atoms with Crippen molar-refractivity contribution in [2.75, 3.05) is 13.2 Å². The lowest BCUT2D eigenvalue weighted by molar-refractivity contribution is 0.224. The van der Waals surface area contributed by atoms with Crippen LogP contribution in [0, 0.1) is 5.92 Å². The van der Waals surface area contributed by atoms with Crippen molar-refractivity contribution in [1.82, 2.24) is 0 Å². The highest BCUT2D eigenvalue weighted by atomic mass is 16.5. The molecule has 3 nitrogen and oxygen atoms in total. The molecule has 1 aromatic rings. The molecule has 1 aliphatic rings. The van der Waals surface area contributed by atoms with Crippen molar-refractivity contribution >= 4 is 0 Å². The molecule has 0 spiro atoms. The third kappa shape index (κ3) is 3.91. The summed E-state index contributed by atoms with van der Waals surface area (Å²) in [6.07, 6.45) is 5.35. The Bertz CT molecular complexity index is 361. The van der Waals surface area contributed by atoms with Gasteiger partial charge in [-0.25, -0.2) is 0 Å². The van der Waals surface area contributed by atoms with Gasteiger partial charge in [-0.1, -0.05) is 18.9 Å². The highest BCUT2D eigenvalue weighted by Gasteiger charge is 2.15. The zero-order chi connectivity index (χ0) is 12.8. The molecule has 0 bridgehead atoms. The minimum absolute atomic E-state index is 0.0371. The molecule has 1 unspecified atom stereocenters. The fraction of sp³-hybridized carbons (Fsp3) is 0.600. The molecule has 18 heavy (non-hydrogen) atoms. The monoisotopic (exact) mass is 249 g/mol. The number of hydrogen-bond acceptors (Lipinski definition) is 3. The van der Waals surface area contributed by atoms with Crippen LogP contribution < -0.4 is 15.2 Å². The van der Waals surface area contributed by atoms with Crippen LogP contribution in [-0.4, -0.2) is 19.3 Å². The van der Waals surface area contributed by atoms with E-state index in [-0.39, 0.29) is 6.10 Å². The predicted molar refractivity (Wildman–Crippen MR) is 73.0 cm³/mol. The molecule has 2 N–H and O–H groups in total. The highest BCUT2D eigenvalue weighted by Crippen LogP contribution is 2.26. The molecular formula is C15H23NO2. The Labute approximate surface area is 109 Å². The molecule has 0 aromatic heterocycles. The number of nitrogens with two attached hydrogens (primary N) is 1. The van der Waals surface area contributed by atoms with Crippen molar-refractivity contribution in [1.29, 1.82) is 0 Å². The molecule has 0 saturated heterocycles. The fourth-order valence-corrected chi connectivity index (χ4v) is 2.31. The first kappa shape index (κ1) is 13.2. The van der Waals surface area contributed by atoms with Crippen LogP contribution in [0.25, 0.3) is 0 Å². The highest BCUT2D eigenvalue weighted by molar-refractivity contribution is 5.33. The van der Waals surface area contributed by atoms with Gasteiger partial charge in [0, 0.05) is 12.6 Å². The number of ether oxygens (including phenoxy) is 2. The first-order valence-corrected chi connectivity index (χ1v) is 6.87. The molecule has 0 radical (unpaired) electrons. The molecule has 3 heteroatoms. The average molecular weight is 249 g/mol. The second-order valence-electron chi connectivity index (χ2n) is 5.10. The first-order valence-electron chi connectivity index (χ1n) is 6.87. The van der Waals surface area contributed by atoms with Gasteiger partial charge in [-0.3, -0.25) is 0 Å². The van der Waals surface area contributed by atoms with Gasteiger partial charge in [0.1, 0.15) is 17.6 Å². The second kappa shape index (κ2) is 6.64. The minimum atomic E-state index is 0.0371. The summed E-state index contributed by atoms with van der Waals surface area (Å²) in [5.41, 5.74) is 5.54. The molecule has 0 heterocycles. The van der Waals surface area contributed by atoms with Crippen molar-refractivity contribution in [2.24, 2.45) is 11.7 Å². The lowest BCUT2D eigenvalue weighted by atomic mass is 10.1. The SMILES string of the molecule is CC(CN)Oc1cccc(OCC2CCCC2)c1. The van der Waals surface area contributed by atoms with E-state index in [2.05, 4.69) is 0 Å². The summed E-state index contributed by atoms with van der Waals surface area (Å²) >= 11 is 0. The molecule has 1 fully saturated rings. The van der Waals surface area contributed by atoms with Gasteiger partial charge in [-0.2, -0.15) is 0 Å². The van der Waals surface area contributed by atoms with E-state index in [9.17, 15) is 0 Å². The Morgan fingerprint density at radius 2 is 2.00 bits per heavy atom. The Balaban J connectivity index is 1.86. The largest absolute Gasteiger partial charge is 0.493 e. The van der Waals surface area contributed by atoms with Crippen LogP contribution in [0.3, 0.4) is 0 Å². The van der Waals surface area contributed by atoms with Crippen molar-refractivity contribution in [2.45, 2.75) is 38.7 Å². The van der Waals surface area contributed by atoms with Crippen molar-refractivity contribution in [3.63, 3.8) is 0 Å². The number of rotatable bonds is 6. The molecule has 1 aliphatic carbocycles. The van der Waals surface area contributed by atoms with E-state index < -0.39 is 0 Å². The van der Waals surface area contributed by atoms with Gasteiger partial charge >= 0.3 is 0 Å². The van der Waals surface area contributed by atoms with Gasteiger partial charge in [0.15, 0.2) is 0 Å². The van der Waals surface area contributed by atoms with Gasteiger partial charge < -0.3 is 15.2 Å². The standard InChI is InChI=1S/C15H23NO2/c1-12(10-16)18-15-8-4-7-14(9-15)17-11-13-5-2-3-6-13/h4,7-9,12-13H,2-3,5-6,10-11,16H2,1H3. The van der Waals surface area contributed by atoms with E-state index in [4.69, 9.17) is 15.2 Å². The quantitative estimate of drug-likeness (QED) is 0.843. The fourth-order valence-electron chi connectivity index (χ4n) is 2.31. The number of hydrogen-bond donors (Lipinski definition) is 1. The van der Waals surface area contributed by atoms with E-state index in [1.807, 2.05) is 31.2 Å². The van der Waals surface area contributed by atoms with E-state index in [1.165, 1.54) is 25.7 Å². The molecule has 2 rings (SSSR count). The maximum atomic E-state index is 5.83. The summed E-state index contributed by atoms with van der Waals surface area (Å²) in [5.74, 6) is 2.46. The Hall–Kier alpha value is -1.22. The minimum Gasteiger partial charge on any atom is -0.493 e. The molecule has 0 aliphatic heterocycles. The van der Waals surface area contributed by atoms with E-state index in [1.54, 1.807) is 0 Å². The Morgan fingerprint density at radius 1 is 1.28 bits per heavy atom. The van der Waals surface area contributed by atoms with E-state index in [0.29, 0.717) is 6.54 Å². The maximum absolute atomic E-state index is 5.83. The van der Waals surface area contributed by atoms with Crippen LogP contribution >= 0.6 is 0 Å². The van der Waals surface area contributed by atoms with E-state index in [0.717, 1.165) is 24.0 Å². The van der Waals surface area contributed by atoms with Crippen molar-refractivity contribution < 1.29 is 9.47 Å². The van der Waals surface area contributed by atoms with Crippen molar-refractivity contribution in [3.8, 4) is 11.5 Å². The summed E-state index contributed by atoms with van der Waals surface area (Å²) < 4.78 is 11.5. The van der Waals surface area contributed by atoms with Gasteiger partial charge in [0.2, 0.25) is 0 Å². The predicted octanol–water partition coefficient (Wildman–Crippen LogP) is 2.98. The average Bonchev–Trinajstić information content (AvgIpc) is 2.90. The third-order valence-corrected chi connectivity index (χ3v) is 3.44. The van der Waals surface area contributed by atoms with Crippen LogP contribution in [0.5, 0.6) is 11.5 Å². The lowest BCUT2D eigenvalue weighted by Crippen LogP contribution is -2.22. The Morgan fingerprint density at radius 3 is 2.72 bits per heavy atom. The van der Waals surface area contributed by atoms with Crippen LogP contribution in [0.1, 0.15) is 32.6 Å². The van der Waals surface area contributed by atoms with Gasteiger partial charge in [0.25, 0.3) is 0 Å². The van der Waals surface area contributed by atoms with Crippen molar-refractivity contribution in [3.05, 3.63) is 24.3 Å². The van der Waals surface area contributed by atoms with Crippen LogP contribution in [0.15, 0.2) is 24.3 Å². The van der Waals surface area contributed by atoms with Crippen LogP contribution in [-0.2, 0) is 0 Å². The second-order valence-corrected chi connectivity index (χ2v) is 5.10. The summed E-state index contributed by atoms with van der Waals surface area (Å²) in [6, 6.07) is 7.83. The zero-order valence-corrected chi connectivity index (χ0v) is 11.1. The first-order chi connectivity index (χ1) is 8.78. The summed E-state index contributed by atoms with van der Waals surface area (Å²) in [6.45, 7) is 3.31. The summed E-state index contributed by atoms with van der Waals surface area (Å²) in [7, 11) is 0. The maximum Gasteiger partial charge on any atom is 0.123 e. The molecule has 1 saturated carbocycles. The zero-order valence-electron chi connectivity index (χ0n) is 11.1. The van der Waals surface area contributed by atoms with Gasteiger partial charge in [-0.05, 0) is 37.8 Å². The molecular weight excluding hydrogens is 226 g/mol. The molecule has 1 aromatic carbocycles. The lowest BCUT2D eigenvalue weighted by Gasteiger charge is -2.15. The van der Waals surface area contributed by atoms with Gasteiger partial charge in [-0.15, -0.1) is 0 Å².